The number of carbonyl (C=O) groups excluding carboxylic acids is 1. The van der Waals surface area contributed by atoms with Crippen LogP contribution in [0, 0.1) is 5.41 Å². The standard InChI is InChI=1S/C12H16Cl2N2O3/c1-12(2,3)8(11(18)19)15-10(17)7-5-6(13)9(14)16(7)4/h5,8H,1-4H3,(H,15,17)(H,18,19). The molecule has 0 aliphatic carbocycles. The normalized spacial score (nSPS) is 13.2. The van der Waals surface area contributed by atoms with Gasteiger partial charge in [0.25, 0.3) is 5.91 Å². The van der Waals surface area contributed by atoms with E-state index in [1.165, 1.54) is 10.6 Å². The Morgan fingerprint density at radius 1 is 1.37 bits per heavy atom. The van der Waals surface area contributed by atoms with E-state index < -0.39 is 23.3 Å². The highest BCUT2D eigenvalue weighted by molar-refractivity contribution is 6.41. The number of halogens is 2. The SMILES string of the molecule is Cn1c(C(=O)NC(C(=O)O)C(C)(C)C)cc(Cl)c1Cl. The van der Waals surface area contributed by atoms with Crippen molar-refractivity contribution in [2.75, 3.05) is 0 Å². The Kier molecular flexibility index (Phi) is 4.53. The van der Waals surface area contributed by atoms with E-state index in [4.69, 9.17) is 28.3 Å². The van der Waals surface area contributed by atoms with Gasteiger partial charge >= 0.3 is 5.97 Å². The molecule has 1 unspecified atom stereocenters. The van der Waals surface area contributed by atoms with Gasteiger partial charge in [0.1, 0.15) is 16.9 Å². The minimum Gasteiger partial charge on any atom is -0.480 e. The van der Waals surface area contributed by atoms with Crippen LogP contribution in [0.2, 0.25) is 10.2 Å². The maximum absolute atomic E-state index is 12.1. The van der Waals surface area contributed by atoms with Gasteiger partial charge in [0.05, 0.1) is 5.02 Å². The van der Waals surface area contributed by atoms with Crippen LogP contribution in [0.15, 0.2) is 6.07 Å². The van der Waals surface area contributed by atoms with E-state index in [0.717, 1.165) is 0 Å². The first-order valence-corrected chi connectivity index (χ1v) is 6.35. The van der Waals surface area contributed by atoms with Crippen molar-refractivity contribution in [1.82, 2.24) is 9.88 Å². The van der Waals surface area contributed by atoms with Gasteiger partial charge in [0.2, 0.25) is 0 Å². The molecule has 0 aliphatic heterocycles. The second-order valence-corrected chi connectivity index (χ2v) is 6.10. The van der Waals surface area contributed by atoms with Gasteiger partial charge in [-0.3, -0.25) is 4.79 Å². The lowest BCUT2D eigenvalue weighted by molar-refractivity contribution is -0.142. The molecule has 0 bridgehead atoms. The van der Waals surface area contributed by atoms with Crippen molar-refractivity contribution >= 4 is 35.1 Å². The van der Waals surface area contributed by atoms with Crippen LogP contribution in [0.5, 0.6) is 0 Å². The van der Waals surface area contributed by atoms with Gasteiger partial charge in [-0.25, -0.2) is 4.79 Å². The molecular weight excluding hydrogens is 291 g/mol. The second-order valence-electron chi connectivity index (χ2n) is 5.34. The summed E-state index contributed by atoms with van der Waals surface area (Å²) in [7, 11) is 1.58. The fourth-order valence-corrected chi connectivity index (χ4v) is 1.99. The first-order valence-electron chi connectivity index (χ1n) is 5.60. The van der Waals surface area contributed by atoms with E-state index in [0.29, 0.717) is 0 Å². The molecule has 0 fully saturated rings. The van der Waals surface area contributed by atoms with Crippen LogP contribution in [0.3, 0.4) is 0 Å². The quantitative estimate of drug-likeness (QED) is 0.901. The van der Waals surface area contributed by atoms with E-state index in [-0.39, 0.29) is 15.9 Å². The number of nitrogens with zero attached hydrogens (tertiary/aromatic N) is 1. The highest BCUT2D eigenvalue weighted by Crippen LogP contribution is 2.26. The van der Waals surface area contributed by atoms with Gasteiger partial charge in [-0.15, -0.1) is 0 Å². The largest absolute Gasteiger partial charge is 0.480 e. The third-order valence-corrected chi connectivity index (χ3v) is 3.58. The number of hydrogen-bond donors (Lipinski definition) is 2. The Morgan fingerprint density at radius 3 is 2.21 bits per heavy atom. The molecule has 0 saturated carbocycles. The summed E-state index contributed by atoms with van der Waals surface area (Å²) < 4.78 is 1.40. The van der Waals surface area contributed by atoms with Crippen molar-refractivity contribution in [3.8, 4) is 0 Å². The number of amides is 1. The minimum atomic E-state index is -1.09. The fraction of sp³-hybridized carbons (Fsp3) is 0.500. The van der Waals surface area contributed by atoms with E-state index in [9.17, 15) is 9.59 Å². The first-order chi connectivity index (χ1) is 8.55. The minimum absolute atomic E-state index is 0.213. The zero-order chi connectivity index (χ0) is 15.0. The van der Waals surface area contributed by atoms with Crippen LogP contribution in [0.25, 0.3) is 0 Å². The maximum Gasteiger partial charge on any atom is 0.326 e. The maximum atomic E-state index is 12.1. The van der Waals surface area contributed by atoms with Crippen molar-refractivity contribution in [1.29, 1.82) is 0 Å². The number of nitrogens with one attached hydrogen (secondary N) is 1. The molecule has 1 heterocycles. The van der Waals surface area contributed by atoms with Crippen molar-refractivity contribution < 1.29 is 14.7 Å². The highest BCUT2D eigenvalue weighted by Gasteiger charge is 2.33. The van der Waals surface area contributed by atoms with Crippen LogP contribution in [0.1, 0.15) is 31.3 Å². The number of aromatic nitrogens is 1. The van der Waals surface area contributed by atoms with Crippen LogP contribution >= 0.6 is 23.2 Å². The summed E-state index contributed by atoms with van der Waals surface area (Å²) in [6, 6.07) is 0.397. The number of carboxylic acids is 1. The van der Waals surface area contributed by atoms with Crippen LogP contribution in [0.4, 0.5) is 0 Å². The van der Waals surface area contributed by atoms with E-state index in [2.05, 4.69) is 5.32 Å². The summed E-state index contributed by atoms with van der Waals surface area (Å²) in [5.41, 5.74) is -0.397. The lowest BCUT2D eigenvalue weighted by atomic mass is 9.86. The summed E-state index contributed by atoms with van der Waals surface area (Å²) in [5, 5.41) is 12.1. The van der Waals surface area contributed by atoms with Crippen LogP contribution < -0.4 is 5.32 Å². The first kappa shape index (κ1) is 15.9. The third-order valence-electron chi connectivity index (χ3n) is 2.74. The topological polar surface area (TPSA) is 71.3 Å². The molecule has 19 heavy (non-hydrogen) atoms. The average molecular weight is 307 g/mol. The van der Waals surface area contributed by atoms with Gasteiger partial charge in [0, 0.05) is 7.05 Å². The molecule has 1 aromatic rings. The Bertz CT molecular complexity index is 518. The number of hydrogen-bond acceptors (Lipinski definition) is 2. The van der Waals surface area contributed by atoms with Crippen molar-refractivity contribution in [2.24, 2.45) is 12.5 Å². The van der Waals surface area contributed by atoms with Crippen molar-refractivity contribution in [2.45, 2.75) is 26.8 Å². The molecule has 0 saturated heterocycles. The summed E-state index contributed by atoms with van der Waals surface area (Å²) in [4.78, 5) is 23.3. The molecule has 0 radical (unpaired) electrons. The second kappa shape index (κ2) is 5.43. The number of carbonyl (C=O) groups is 2. The average Bonchev–Trinajstić information content (AvgIpc) is 2.51. The molecule has 7 heteroatoms. The Balaban J connectivity index is 3.01. The zero-order valence-corrected chi connectivity index (χ0v) is 12.6. The molecule has 0 aliphatic rings. The van der Waals surface area contributed by atoms with Crippen LogP contribution in [-0.4, -0.2) is 27.6 Å². The van der Waals surface area contributed by atoms with Gasteiger partial charge in [0.15, 0.2) is 0 Å². The Hall–Kier alpha value is -1.20. The molecule has 0 spiro atoms. The predicted octanol–water partition coefficient (Wildman–Crippen LogP) is 2.56. The molecular formula is C12H16Cl2N2O3. The van der Waals surface area contributed by atoms with Gasteiger partial charge < -0.3 is 15.0 Å². The highest BCUT2D eigenvalue weighted by atomic mass is 35.5. The summed E-state index contributed by atoms with van der Waals surface area (Å²) in [6.45, 7) is 5.20. The third kappa shape index (κ3) is 3.42. The molecule has 1 rings (SSSR count). The number of rotatable bonds is 3. The molecule has 1 amide bonds. The smallest absolute Gasteiger partial charge is 0.326 e. The zero-order valence-electron chi connectivity index (χ0n) is 11.1. The van der Waals surface area contributed by atoms with Crippen molar-refractivity contribution in [3.63, 3.8) is 0 Å². The predicted molar refractivity (Wildman–Crippen MR) is 73.8 cm³/mol. The molecule has 0 aromatic carbocycles. The molecule has 2 N–H and O–H groups in total. The number of carboxylic acid groups (broad SMARTS) is 1. The summed E-state index contributed by atoms with van der Waals surface area (Å²) >= 11 is 11.7. The van der Waals surface area contributed by atoms with E-state index >= 15 is 0 Å². The van der Waals surface area contributed by atoms with E-state index in [1.807, 2.05) is 0 Å². The summed E-state index contributed by atoms with van der Waals surface area (Å²) in [5.74, 6) is -1.62. The Morgan fingerprint density at radius 2 is 1.89 bits per heavy atom. The number of aliphatic carboxylic acids is 1. The lowest BCUT2D eigenvalue weighted by Crippen LogP contribution is -2.49. The lowest BCUT2D eigenvalue weighted by Gasteiger charge is -2.27. The van der Waals surface area contributed by atoms with Gasteiger partial charge in [-0.2, -0.15) is 0 Å². The monoisotopic (exact) mass is 306 g/mol. The van der Waals surface area contributed by atoms with Gasteiger partial charge in [-0.1, -0.05) is 44.0 Å². The van der Waals surface area contributed by atoms with E-state index in [1.54, 1.807) is 27.8 Å². The van der Waals surface area contributed by atoms with Gasteiger partial charge in [-0.05, 0) is 11.5 Å². The molecule has 5 nitrogen and oxygen atoms in total. The summed E-state index contributed by atoms with van der Waals surface area (Å²) in [6.07, 6.45) is 0. The fourth-order valence-electron chi connectivity index (χ4n) is 1.61. The molecule has 1 atom stereocenters. The Labute approximate surface area is 121 Å². The van der Waals surface area contributed by atoms with Crippen molar-refractivity contribution in [3.05, 3.63) is 21.9 Å². The van der Waals surface area contributed by atoms with Crippen LogP contribution in [-0.2, 0) is 11.8 Å². The molecule has 106 valence electrons. The molecule has 1 aromatic heterocycles.